The maximum Gasteiger partial charge on any atom is 0.348 e. The first-order chi connectivity index (χ1) is 19.4. The van der Waals surface area contributed by atoms with Crippen molar-refractivity contribution in [2.75, 3.05) is 26.0 Å². The summed E-state index contributed by atoms with van der Waals surface area (Å²) >= 11 is 5.81. The minimum absolute atomic E-state index is 0.00945. The highest BCUT2D eigenvalue weighted by Gasteiger charge is 2.49. The summed E-state index contributed by atoms with van der Waals surface area (Å²) in [6.45, 7) is -0.720. The van der Waals surface area contributed by atoms with E-state index in [4.69, 9.17) is 31.9 Å². The molecule has 17 heteroatoms. The van der Waals surface area contributed by atoms with Gasteiger partial charge in [0.05, 0.1) is 25.5 Å². The Kier molecular flexibility index (Phi) is 10.1. The molecule has 0 aliphatic carbocycles. The van der Waals surface area contributed by atoms with Crippen molar-refractivity contribution in [1.29, 1.82) is 0 Å². The predicted molar refractivity (Wildman–Crippen MR) is 139 cm³/mol. The number of nitrogens with zero attached hydrogens (tertiary/aromatic N) is 4. The zero-order chi connectivity index (χ0) is 30.3. The van der Waals surface area contributed by atoms with Gasteiger partial charge in [0.25, 0.3) is 11.5 Å². The van der Waals surface area contributed by atoms with E-state index in [1.165, 1.54) is 31.4 Å². The van der Waals surface area contributed by atoms with Crippen LogP contribution in [0.5, 0.6) is 0 Å². The number of carboxylic acids is 3. The van der Waals surface area contributed by atoms with Gasteiger partial charge in [-0.05, 0) is 29.3 Å². The zero-order valence-electron chi connectivity index (χ0n) is 21.5. The molecule has 2 heterocycles. The van der Waals surface area contributed by atoms with E-state index in [0.29, 0.717) is 0 Å². The van der Waals surface area contributed by atoms with Crippen LogP contribution in [0.4, 0.5) is 10.2 Å². The van der Waals surface area contributed by atoms with Crippen molar-refractivity contribution in [2.45, 2.75) is 37.3 Å². The maximum absolute atomic E-state index is 15.3. The highest BCUT2D eigenvalue weighted by molar-refractivity contribution is 6.28. The number of carboxylic acid groups (broad SMARTS) is 3. The van der Waals surface area contributed by atoms with Crippen molar-refractivity contribution in [1.82, 2.24) is 24.8 Å². The van der Waals surface area contributed by atoms with Gasteiger partial charge in [0, 0.05) is 32.1 Å². The number of nitrogens with two attached hydrogens (primary N) is 1. The summed E-state index contributed by atoms with van der Waals surface area (Å²) in [5.74, 6) is -5.33. The third-order valence-corrected chi connectivity index (χ3v) is 6.18. The second kappa shape index (κ2) is 13.3. The molecule has 0 bridgehead atoms. The standard InChI is InChI=1S/C24H26ClFN6O9/c1-40-14(8-15(26)32-11-29-17-18(27)30-23(25)31-19(17)32)10-41-24(21(36)37,22(38)39)9-12-2-4-13(5-3-12)20(35)28-7-6-16(33)34/h2-5,11,14-15H,6-10H2,1H3,(H,28,35)(H,33,34)(H,36,37)(H,38,39)(H2,27,30,31). The molecule has 6 N–H and O–H groups in total. The van der Waals surface area contributed by atoms with Gasteiger partial charge in [-0.3, -0.25) is 14.2 Å². The van der Waals surface area contributed by atoms with Gasteiger partial charge in [-0.1, -0.05) is 12.1 Å². The van der Waals surface area contributed by atoms with E-state index in [2.05, 4.69) is 20.3 Å². The van der Waals surface area contributed by atoms with Gasteiger partial charge in [0.1, 0.15) is 5.52 Å². The SMILES string of the molecule is COC(COC(Cc1ccc(C(=O)NCCC(=O)O)cc1)(C(=O)O)C(=O)O)CC(F)n1cnc2c(N)nc(Cl)nc21. The predicted octanol–water partition coefficient (Wildman–Crippen LogP) is 1.31. The molecule has 1 amide bonds. The van der Waals surface area contributed by atoms with E-state index in [9.17, 15) is 29.4 Å². The van der Waals surface area contributed by atoms with Gasteiger partial charge in [-0.25, -0.2) is 19.0 Å². The minimum Gasteiger partial charge on any atom is -0.481 e. The van der Waals surface area contributed by atoms with Gasteiger partial charge in [0.15, 0.2) is 17.8 Å². The number of anilines is 1. The summed E-state index contributed by atoms with van der Waals surface area (Å²) in [4.78, 5) is 58.7. The normalized spacial score (nSPS) is 13.0. The molecule has 0 aliphatic heterocycles. The van der Waals surface area contributed by atoms with Gasteiger partial charge < -0.3 is 35.8 Å². The Morgan fingerprint density at radius 3 is 2.39 bits per heavy atom. The average molecular weight is 597 g/mol. The minimum atomic E-state index is -2.77. The second-order valence-electron chi connectivity index (χ2n) is 8.75. The fraction of sp³-hybridized carbons (Fsp3) is 0.375. The van der Waals surface area contributed by atoms with Gasteiger partial charge in [-0.15, -0.1) is 0 Å². The molecule has 0 aliphatic rings. The number of ether oxygens (including phenoxy) is 2. The van der Waals surface area contributed by atoms with Crippen LogP contribution in [-0.2, 0) is 30.3 Å². The Hall–Kier alpha value is -4.41. The molecule has 0 fully saturated rings. The Balaban J connectivity index is 1.72. The van der Waals surface area contributed by atoms with Crippen LogP contribution in [0.15, 0.2) is 30.6 Å². The number of hydrogen-bond donors (Lipinski definition) is 5. The topological polar surface area (TPSA) is 229 Å². The second-order valence-corrected chi connectivity index (χ2v) is 9.09. The third kappa shape index (κ3) is 7.41. The Labute approximate surface area is 236 Å². The molecule has 3 aromatic rings. The molecule has 2 atom stereocenters. The molecule has 0 radical (unpaired) electrons. The van der Waals surface area contributed by atoms with E-state index in [-0.39, 0.29) is 46.4 Å². The number of carbonyl (C=O) groups excluding carboxylic acids is 1. The average Bonchev–Trinajstić information content (AvgIpc) is 3.34. The van der Waals surface area contributed by atoms with E-state index in [0.717, 1.165) is 10.9 Å². The monoisotopic (exact) mass is 596 g/mol. The number of hydrogen-bond acceptors (Lipinski definition) is 10. The number of alkyl halides is 1. The number of aromatic nitrogens is 4. The van der Waals surface area contributed by atoms with Crippen molar-refractivity contribution in [3.8, 4) is 0 Å². The smallest absolute Gasteiger partial charge is 0.348 e. The fourth-order valence-corrected chi connectivity index (χ4v) is 3.95. The number of benzene rings is 1. The van der Waals surface area contributed by atoms with Gasteiger partial charge in [-0.2, -0.15) is 9.97 Å². The Morgan fingerprint density at radius 1 is 1.15 bits per heavy atom. The first kappa shape index (κ1) is 31.1. The van der Waals surface area contributed by atoms with Crippen LogP contribution in [0, 0.1) is 0 Å². The summed E-state index contributed by atoms with van der Waals surface area (Å²) in [5, 5.41) is 30.5. The highest BCUT2D eigenvalue weighted by Crippen LogP contribution is 2.27. The van der Waals surface area contributed by atoms with Crippen molar-refractivity contribution in [3.05, 3.63) is 47.0 Å². The lowest BCUT2D eigenvalue weighted by molar-refractivity contribution is -0.188. The molecular formula is C24H26ClFN6O9. The first-order valence-electron chi connectivity index (χ1n) is 11.9. The molecular weight excluding hydrogens is 571 g/mol. The number of amides is 1. The summed E-state index contributed by atoms with van der Waals surface area (Å²) in [6, 6.07) is 5.32. The maximum atomic E-state index is 15.3. The van der Waals surface area contributed by atoms with Crippen molar-refractivity contribution in [3.63, 3.8) is 0 Å². The van der Waals surface area contributed by atoms with E-state index in [1.807, 2.05) is 0 Å². The molecule has 0 spiro atoms. The molecule has 220 valence electrons. The van der Waals surface area contributed by atoms with E-state index in [1.54, 1.807) is 0 Å². The summed E-state index contributed by atoms with van der Waals surface area (Å²) in [7, 11) is 1.22. The molecule has 2 unspecified atom stereocenters. The Morgan fingerprint density at radius 2 is 1.80 bits per heavy atom. The number of aliphatic carboxylic acids is 3. The zero-order valence-corrected chi connectivity index (χ0v) is 22.2. The fourth-order valence-electron chi connectivity index (χ4n) is 3.78. The van der Waals surface area contributed by atoms with Crippen LogP contribution in [0.25, 0.3) is 11.2 Å². The molecule has 41 heavy (non-hydrogen) atoms. The molecule has 15 nitrogen and oxygen atoms in total. The Bertz CT molecular complexity index is 1420. The van der Waals surface area contributed by atoms with Crippen LogP contribution in [0.3, 0.4) is 0 Å². The number of fused-ring (bicyclic) bond motifs is 1. The number of imidazole rings is 1. The number of nitrogen functional groups attached to an aromatic ring is 1. The van der Waals surface area contributed by atoms with Crippen LogP contribution < -0.4 is 11.1 Å². The largest absolute Gasteiger partial charge is 0.481 e. The number of rotatable bonds is 15. The van der Waals surface area contributed by atoms with Crippen molar-refractivity contribution in [2.24, 2.45) is 0 Å². The lowest BCUT2D eigenvalue weighted by Crippen LogP contribution is -2.52. The van der Waals surface area contributed by atoms with E-state index >= 15 is 4.39 Å². The highest BCUT2D eigenvalue weighted by atomic mass is 35.5. The lowest BCUT2D eigenvalue weighted by atomic mass is 9.93. The van der Waals surface area contributed by atoms with Crippen molar-refractivity contribution < 1.29 is 48.4 Å². The number of nitrogens with one attached hydrogen (secondary N) is 1. The number of halogens is 2. The van der Waals surface area contributed by atoms with Crippen LogP contribution >= 0.6 is 11.6 Å². The van der Waals surface area contributed by atoms with Crippen LogP contribution in [0.1, 0.15) is 35.1 Å². The van der Waals surface area contributed by atoms with Crippen LogP contribution in [-0.4, -0.2) is 90.6 Å². The summed E-state index contributed by atoms with van der Waals surface area (Å²) < 4.78 is 26.9. The van der Waals surface area contributed by atoms with Crippen molar-refractivity contribution >= 4 is 52.4 Å². The lowest BCUT2D eigenvalue weighted by Gasteiger charge is -2.28. The molecule has 2 aromatic heterocycles. The quantitative estimate of drug-likeness (QED) is 0.123. The molecule has 0 saturated carbocycles. The van der Waals surface area contributed by atoms with Gasteiger partial charge >= 0.3 is 17.9 Å². The summed E-state index contributed by atoms with van der Waals surface area (Å²) in [5.41, 5.74) is 3.43. The van der Waals surface area contributed by atoms with E-state index < -0.39 is 61.3 Å². The van der Waals surface area contributed by atoms with Crippen LogP contribution in [0.2, 0.25) is 5.28 Å². The summed E-state index contributed by atoms with van der Waals surface area (Å²) in [6.07, 6.45) is -3.13. The number of methoxy groups -OCH3 is 1. The number of carbonyl (C=O) groups is 4. The molecule has 1 aromatic carbocycles. The first-order valence-corrected chi connectivity index (χ1v) is 12.3. The molecule has 0 saturated heterocycles. The third-order valence-electron chi connectivity index (χ3n) is 6.01. The van der Waals surface area contributed by atoms with Gasteiger partial charge in [0.2, 0.25) is 5.28 Å². The molecule has 3 rings (SSSR count).